The average Bonchev–Trinajstić information content (AvgIpc) is 3.50. The zero-order valence-electron chi connectivity index (χ0n) is 26.7. The van der Waals surface area contributed by atoms with E-state index in [-0.39, 0.29) is 35.5 Å². The van der Waals surface area contributed by atoms with Gasteiger partial charge in [-0.25, -0.2) is 9.18 Å². The minimum Gasteiger partial charge on any atom is -0.508 e. The molecule has 0 aromatic heterocycles. The standard InChI is InChI=1S/C39H29ClFN3O7/c40-22-10-8-21(9-11-22)39-30(35(47)44(38(39)51)42-24-14-12-23(41)13-15-24)19-29-26(33(39)27-6-1-2-7-31(27)45)16-17-28-32(29)36(48)43(34(28)46)25-5-3-4-20(18-25)37(49)50/h1-16,18,28-30,32-33,42,45H,17,19H2,(H,49,50). The zero-order valence-corrected chi connectivity index (χ0v) is 27.5. The van der Waals surface area contributed by atoms with Crippen molar-refractivity contribution in [3.05, 3.63) is 136 Å². The maximum Gasteiger partial charge on any atom is 0.335 e. The van der Waals surface area contributed by atoms with Gasteiger partial charge in [-0.05, 0) is 85.0 Å². The molecule has 4 aromatic carbocycles. The third-order valence-electron chi connectivity index (χ3n) is 10.9. The molecule has 10 nitrogen and oxygen atoms in total. The fraction of sp³-hybridized carbons (Fsp3) is 0.205. The lowest BCUT2D eigenvalue weighted by molar-refractivity contribution is -0.138. The summed E-state index contributed by atoms with van der Waals surface area (Å²) in [5.74, 6) is -8.53. The van der Waals surface area contributed by atoms with E-state index in [2.05, 4.69) is 5.43 Å². The van der Waals surface area contributed by atoms with Crippen LogP contribution in [0.15, 0.2) is 109 Å². The van der Waals surface area contributed by atoms with Crippen LogP contribution in [0.5, 0.6) is 5.75 Å². The lowest BCUT2D eigenvalue weighted by Crippen LogP contribution is -2.53. The SMILES string of the molecule is O=C(O)c1cccc(N2C(=O)C3CC=C4C(CC5C(=O)N(Nc6ccc(F)cc6)C(=O)C5(c5ccc(Cl)cc5)C4c4ccccc4O)C3C2=O)c1. The van der Waals surface area contributed by atoms with Gasteiger partial charge in [0.05, 0.1) is 40.1 Å². The third kappa shape index (κ3) is 4.79. The highest BCUT2D eigenvalue weighted by Gasteiger charge is 2.70. The van der Waals surface area contributed by atoms with Crippen LogP contribution in [0.3, 0.4) is 0 Å². The van der Waals surface area contributed by atoms with E-state index in [4.69, 9.17) is 11.6 Å². The minimum atomic E-state index is -1.64. The number of fused-ring (bicyclic) bond motifs is 4. The van der Waals surface area contributed by atoms with Crippen LogP contribution in [0.4, 0.5) is 15.8 Å². The third-order valence-corrected chi connectivity index (χ3v) is 11.1. The van der Waals surface area contributed by atoms with Gasteiger partial charge in [0.25, 0.3) is 11.8 Å². The maximum atomic E-state index is 15.1. The Balaban J connectivity index is 1.31. The van der Waals surface area contributed by atoms with Crippen LogP contribution in [-0.4, -0.2) is 44.8 Å². The molecule has 1 saturated carbocycles. The Labute approximate surface area is 295 Å². The summed E-state index contributed by atoms with van der Waals surface area (Å²) in [6, 6.07) is 23.9. The summed E-state index contributed by atoms with van der Waals surface area (Å²) in [5.41, 5.74) is 3.04. The van der Waals surface area contributed by atoms with E-state index in [0.29, 0.717) is 21.7 Å². The molecule has 2 saturated heterocycles. The van der Waals surface area contributed by atoms with Gasteiger partial charge >= 0.3 is 5.97 Å². The van der Waals surface area contributed by atoms with Gasteiger partial charge in [-0.15, -0.1) is 0 Å². The Morgan fingerprint density at radius 3 is 2.29 bits per heavy atom. The number of nitrogens with zero attached hydrogens (tertiary/aromatic N) is 2. The van der Waals surface area contributed by atoms with Crippen molar-refractivity contribution in [1.29, 1.82) is 0 Å². The molecule has 2 aliphatic heterocycles. The molecular formula is C39H29ClFN3O7. The number of carbonyl (C=O) groups is 5. The van der Waals surface area contributed by atoms with Crippen LogP contribution in [0.1, 0.15) is 40.2 Å². The molecule has 2 aliphatic carbocycles. The summed E-state index contributed by atoms with van der Waals surface area (Å²) >= 11 is 6.31. The summed E-state index contributed by atoms with van der Waals surface area (Å²) < 4.78 is 13.8. The predicted molar refractivity (Wildman–Crippen MR) is 183 cm³/mol. The first-order valence-corrected chi connectivity index (χ1v) is 16.8. The molecule has 4 aliphatic rings. The molecule has 51 heavy (non-hydrogen) atoms. The van der Waals surface area contributed by atoms with Gasteiger partial charge in [-0.1, -0.05) is 59.6 Å². The molecule has 0 spiro atoms. The monoisotopic (exact) mass is 705 g/mol. The van der Waals surface area contributed by atoms with Crippen LogP contribution in [-0.2, 0) is 24.6 Å². The molecular weight excluding hydrogens is 677 g/mol. The molecule has 4 amide bonds. The van der Waals surface area contributed by atoms with E-state index in [1.165, 1.54) is 54.6 Å². The number of phenols is 1. The largest absolute Gasteiger partial charge is 0.508 e. The number of aromatic carboxylic acids is 1. The van der Waals surface area contributed by atoms with Gasteiger partial charge in [0, 0.05) is 16.5 Å². The van der Waals surface area contributed by atoms with Crippen LogP contribution < -0.4 is 10.3 Å². The number of rotatable bonds is 6. The first-order chi connectivity index (χ1) is 24.5. The maximum absolute atomic E-state index is 15.1. The second kappa shape index (κ2) is 11.9. The molecule has 256 valence electrons. The van der Waals surface area contributed by atoms with Crippen molar-refractivity contribution in [3.8, 4) is 5.75 Å². The van der Waals surface area contributed by atoms with Crippen molar-refractivity contribution in [2.45, 2.75) is 24.2 Å². The number of carbonyl (C=O) groups excluding carboxylic acids is 4. The Morgan fingerprint density at radius 2 is 1.59 bits per heavy atom. The normalized spacial score (nSPS) is 26.8. The molecule has 8 rings (SSSR count). The van der Waals surface area contributed by atoms with Gasteiger partial charge < -0.3 is 10.2 Å². The highest BCUT2D eigenvalue weighted by Crippen LogP contribution is 2.65. The number of hydrogen-bond acceptors (Lipinski definition) is 7. The molecule has 0 bridgehead atoms. The number of allylic oxidation sites excluding steroid dienone is 2. The summed E-state index contributed by atoms with van der Waals surface area (Å²) in [7, 11) is 0. The fourth-order valence-electron chi connectivity index (χ4n) is 8.76. The molecule has 3 N–H and O–H groups in total. The van der Waals surface area contributed by atoms with Crippen molar-refractivity contribution in [3.63, 3.8) is 0 Å². The van der Waals surface area contributed by atoms with E-state index in [0.717, 1.165) is 9.91 Å². The second-order valence-corrected chi connectivity index (χ2v) is 13.7. The van der Waals surface area contributed by atoms with Crippen LogP contribution in [0.25, 0.3) is 0 Å². The number of imide groups is 2. The highest BCUT2D eigenvalue weighted by molar-refractivity contribution is 6.30. The molecule has 6 atom stereocenters. The Morgan fingerprint density at radius 1 is 0.863 bits per heavy atom. The average molecular weight is 706 g/mol. The topological polar surface area (TPSA) is 144 Å². The molecule has 3 fully saturated rings. The van der Waals surface area contributed by atoms with E-state index in [9.17, 15) is 33.8 Å². The number of benzene rings is 4. The Hall–Kier alpha value is -5.81. The van der Waals surface area contributed by atoms with Crippen LogP contribution in [0, 0.1) is 29.5 Å². The smallest absolute Gasteiger partial charge is 0.335 e. The number of amides is 4. The van der Waals surface area contributed by atoms with Crippen molar-refractivity contribution in [1.82, 2.24) is 5.01 Å². The van der Waals surface area contributed by atoms with Crippen LogP contribution >= 0.6 is 11.6 Å². The number of para-hydroxylation sites is 1. The van der Waals surface area contributed by atoms with E-state index < -0.39 is 70.4 Å². The van der Waals surface area contributed by atoms with Gasteiger partial charge in [0.1, 0.15) is 11.6 Å². The predicted octanol–water partition coefficient (Wildman–Crippen LogP) is 6.07. The van der Waals surface area contributed by atoms with Crippen molar-refractivity contribution >= 4 is 52.6 Å². The molecule has 6 unspecified atom stereocenters. The number of nitrogens with one attached hydrogen (secondary N) is 1. The number of phenolic OH excluding ortho intramolecular Hbond substituents is 1. The molecule has 2 heterocycles. The summed E-state index contributed by atoms with van der Waals surface area (Å²) in [6.07, 6.45) is 2.00. The van der Waals surface area contributed by atoms with E-state index in [1.807, 2.05) is 6.08 Å². The van der Waals surface area contributed by atoms with Gasteiger partial charge in [-0.3, -0.25) is 29.5 Å². The van der Waals surface area contributed by atoms with Crippen LogP contribution in [0.2, 0.25) is 5.02 Å². The van der Waals surface area contributed by atoms with Gasteiger partial charge in [0.2, 0.25) is 11.8 Å². The summed E-state index contributed by atoms with van der Waals surface area (Å²) in [4.78, 5) is 70.9. The summed E-state index contributed by atoms with van der Waals surface area (Å²) in [5, 5.41) is 22.3. The van der Waals surface area contributed by atoms with Gasteiger partial charge in [-0.2, -0.15) is 5.01 Å². The first kappa shape index (κ1) is 32.4. The number of carboxylic acids is 1. The van der Waals surface area contributed by atoms with Crippen molar-refractivity contribution < 1.29 is 38.6 Å². The number of halogens is 2. The number of carboxylic acid groups (broad SMARTS) is 1. The number of hydrogen-bond donors (Lipinski definition) is 3. The molecule has 4 aromatic rings. The number of aromatic hydroxyl groups is 1. The first-order valence-electron chi connectivity index (χ1n) is 16.4. The summed E-state index contributed by atoms with van der Waals surface area (Å²) in [6.45, 7) is 0. The highest BCUT2D eigenvalue weighted by atomic mass is 35.5. The zero-order chi connectivity index (χ0) is 35.8. The molecule has 12 heteroatoms. The number of anilines is 2. The Bertz CT molecular complexity index is 2190. The fourth-order valence-corrected chi connectivity index (χ4v) is 8.89. The quantitative estimate of drug-likeness (QED) is 0.162. The lowest BCUT2D eigenvalue weighted by atomic mass is 9.49. The van der Waals surface area contributed by atoms with Gasteiger partial charge in [0.15, 0.2) is 0 Å². The number of hydrazine groups is 1. The van der Waals surface area contributed by atoms with Crippen molar-refractivity contribution in [2.75, 3.05) is 10.3 Å². The lowest BCUT2D eigenvalue weighted by Gasteiger charge is -2.50. The van der Waals surface area contributed by atoms with Crippen molar-refractivity contribution in [2.24, 2.45) is 23.7 Å². The minimum absolute atomic E-state index is 0.00786. The molecule has 0 radical (unpaired) electrons. The second-order valence-electron chi connectivity index (χ2n) is 13.3. The van der Waals surface area contributed by atoms with E-state index >= 15 is 4.79 Å². The van der Waals surface area contributed by atoms with E-state index in [1.54, 1.807) is 42.5 Å². The Kier molecular flexibility index (Phi) is 7.57.